The number of hydrogen-bond donors (Lipinski definition) is 2. The van der Waals surface area contributed by atoms with Crippen LogP contribution >= 0.6 is 28.3 Å². The van der Waals surface area contributed by atoms with Crippen LogP contribution in [0, 0.1) is 22.7 Å². The number of aromatic nitrogens is 1. The molecule has 0 radical (unpaired) electrons. The zero-order valence-corrected chi connectivity index (χ0v) is 18.8. The second-order valence-corrected chi connectivity index (χ2v) is 7.36. The summed E-state index contributed by atoms with van der Waals surface area (Å²) >= 11 is 3.42. The van der Waals surface area contributed by atoms with Crippen molar-refractivity contribution in [3.8, 4) is 17.9 Å². The van der Waals surface area contributed by atoms with Crippen molar-refractivity contribution < 1.29 is 14.6 Å². The largest absolute Gasteiger partial charge is 0.496 e. The van der Waals surface area contributed by atoms with Gasteiger partial charge >= 0.3 is 0 Å². The van der Waals surface area contributed by atoms with Gasteiger partial charge < -0.3 is 15.6 Å². The maximum absolute atomic E-state index is 12.6. The lowest BCUT2D eigenvalue weighted by Gasteiger charge is -2.08. The van der Waals surface area contributed by atoms with Gasteiger partial charge in [0.15, 0.2) is 0 Å². The molecule has 1 atom stereocenters. The van der Waals surface area contributed by atoms with Crippen LogP contribution in [0.4, 0.5) is 0 Å². The molecule has 0 aliphatic carbocycles. The van der Waals surface area contributed by atoms with Gasteiger partial charge in [-0.25, -0.2) is 0 Å². The third-order valence-electron chi connectivity index (χ3n) is 4.59. The highest BCUT2D eigenvalue weighted by Gasteiger charge is 2.21. The first-order valence-electron chi connectivity index (χ1n) is 8.85. The molecule has 0 saturated heterocycles. The first-order chi connectivity index (χ1) is 14.4. The molecule has 3 rings (SSSR count). The molecule has 7 nitrogen and oxygen atoms in total. The summed E-state index contributed by atoms with van der Waals surface area (Å²) in [7, 11) is 1.50. The number of ether oxygens (including phenoxy) is 1. The van der Waals surface area contributed by atoms with E-state index in [0.717, 1.165) is 4.47 Å². The summed E-state index contributed by atoms with van der Waals surface area (Å²) in [4.78, 5) is 12.6. The molecule has 1 heterocycles. The summed E-state index contributed by atoms with van der Waals surface area (Å²) in [5.74, 6) is 0.0162. The number of carbonyl (C=O) groups is 1. The smallest absolute Gasteiger partial charge is 0.250 e. The SMILES string of the molecule is COc1ccc(C#N)cc1C=C(C#N)c1cn(C(=O)[C@@H](N)CO)c2ccc(Br)cc12.Cl. The molecule has 9 heteroatoms. The molecule has 0 amide bonds. The van der Waals surface area contributed by atoms with Gasteiger partial charge in [-0.2, -0.15) is 10.5 Å². The van der Waals surface area contributed by atoms with E-state index < -0.39 is 18.6 Å². The lowest BCUT2D eigenvalue weighted by atomic mass is 10.0. The number of nitrogens with two attached hydrogens (primary N) is 1. The Kier molecular flexibility index (Phi) is 7.98. The molecule has 0 spiro atoms. The van der Waals surface area contributed by atoms with Crippen molar-refractivity contribution >= 4 is 56.8 Å². The average Bonchev–Trinajstić information content (AvgIpc) is 3.14. The number of halogens is 2. The minimum Gasteiger partial charge on any atom is -0.496 e. The van der Waals surface area contributed by atoms with Crippen LogP contribution in [0.25, 0.3) is 22.6 Å². The van der Waals surface area contributed by atoms with Gasteiger partial charge in [0.25, 0.3) is 0 Å². The van der Waals surface area contributed by atoms with Gasteiger partial charge in [-0.1, -0.05) is 15.9 Å². The maximum atomic E-state index is 12.6. The Morgan fingerprint density at radius 1 is 1.32 bits per heavy atom. The van der Waals surface area contributed by atoms with Crippen molar-refractivity contribution in [2.75, 3.05) is 13.7 Å². The Bertz CT molecular complexity index is 1250. The fraction of sp³-hybridized carbons (Fsp3) is 0.136. The quantitative estimate of drug-likeness (QED) is 0.513. The van der Waals surface area contributed by atoms with E-state index in [9.17, 15) is 20.4 Å². The number of nitriles is 2. The lowest BCUT2D eigenvalue weighted by molar-refractivity contribution is 0.0847. The van der Waals surface area contributed by atoms with Gasteiger partial charge in [0.2, 0.25) is 5.91 Å². The van der Waals surface area contributed by atoms with Crippen molar-refractivity contribution in [3.63, 3.8) is 0 Å². The Morgan fingerprint density at radius 3 is 2.68 bits per heavy atom. The van der Waals surface area contributed by atoms with E-state index in [0.29, 0.717) is 33.3 Å². The predicted molar refractivity (Wildman–Crippen MR) is 124 cm³/mol. The predicted octanol–water partition coefficient (Wildman–Crippen LogP) is 3.73. The second-order valence-electron chi connectivity index (χ2n) is 6.44. The van der Waals surface area contributed by atoms with E-state index in [1.54, 1.807) is 42.5 Å². The van der Waals surface area contributed by atoms with Crippen molar-refractivity contribution in [3.05, 3.63) is 63.8 Å². The van der Waals surface area contributed by atoms with Gasteiger partial charge in [0.1, 0.15) is 11.8 Å². The number of fused-ring (bicyclic) bond motifs is 1. The fourth-order valence-corrected chi connectivity index (χ4v) is 3.46. The zero-order valence-electron chi connectivity index (χ0n) is 16.4. The molecule has 2 aromatic carbocycles. The van der Waals surface area contributed by atoms with E-state index in [2.05, 4.69) is 28.1 Å². The molecule has 3 aromatic rings. The minimum absolute atomic E-state index is 0. The van der Waals surface area contributed by atoms with Gasteiger partial charge in [-0.15, -0.1) is 12.4 Å². The Morgan fingerprint density at radius 2 is 2.06 bits per heavy atom. The average molecular weight is 502 g/mol. The Hall–Kier alpha value is -3.14. The van der Waals surface area contributed by atoms with E-state index >= 15 is 0 Å². The summed E-state index contributed by atoms with van der Waals surface area (Å²) in [6.45, 7) is -0.497. The highest BCUT2D eigenvalue weighted by Crippen LogP contribution is 2.32. The molecule has 0 bridgehead atoms. The number of benzene rings is 2. The zero-order chi connectivity index (χ0) is 21.8. The van der Waals surface area contributed by atoms with E-state index in [4.69, 9.17) is 10.5 Å². The second kappa shape index (κ2) is 10.3. The van der Waals surface area contributed by atoms with Gasteiger partial charge in [0.05, 0.1) is 42.5 Å². The summed E-state index contributed by atoms with van der Waals surface area (Å²) < 4.78 is 7.46. The molecule has 0 aliphatic heterocycles. The van der Waals surface area contributed by atoms with Crippen LogP contribution in [0.3, 0.4) is 0 Å². The number of carbonyl (C=O) groups excluding carboxylic acids is 1. The third kappa shape index (κ3) is 4.79. The molecular formula is C22H18BrClN4O3. The van der Waals surface area contributed by atoms with Crippen LogP contribution in [-0.2, 0) is 0 Å². The normalized spacial score (nSPS) is 11.9. The molecule has 0 saturated carbocycles. The first-order valence-corrected chi connectivity index (χ1v) is 9.64. The van der Waals surface area contributed by atoms with Crippen LogP contribution in [0.5, 0.6) is 5.75 Å². The third-order valence-corrected chi connectivity index (χ3v) is 5.08. The van der Waals surface area contributed by atoms with Crippen molar-refractivity contribution in [2.24, 2.45) is 5.73 Å². The van der Waals surface area contributed by atoms with Crippen LogP contribution in [-0.4, -0.2) is 35.3 Å². The topological polar surface area (TPSA) is 125 Å². The highest BCUT2D eigenvalue weighted by molar-refractivity contribution is 9.10. The number of methoxy groups -OCH3 is 1. The van der Waals surface area contributed by atoms with Crippen molar-refractivity contribution in [2.45, 2.75) is 6.04 Å². The van der Waals surface area contributed by atoms with Gasteiger partial charge in [0, 0.05) is 27.2 Å². The number of aliphatic hydroxyl groups excluding tert-OH is 1. The van der Waals surface area contributed by atoms with E-state index in [1.807, 2.05) is 0 Å². The highest BCUT2D eigenvalue weighted by atomic mass is 79.9. The maximum Gasteiger partial charge on any atom is 0.250 e. The van der Waals surface area contributed by atoms with Crippen LogP contribution < -0.4 is 10.5 Å². The molecule has 0 fully saturated rings. The Balaban J connectivity index is 0.00000341. The van der Waals surface area contributed by atoms with Gasteiger partial charge in [-0.05, 0) is 42.5 Å². The van der Waals surface area contributed by atoms with Crippen LogP contribution in [0.15, 0.2) is 47.1 Å². The number of nitrogens with zero attached hydrogens (tertiary/aromatic N) is 3. The summed E-state index contributed by atoms with van der Waals surface area (Å²) in [5, 5.41) is 29.0. The number of hydrogen-bond acceptors (Lipinski definition) is 6. The first kappa shape index (κ1) is 24.1. The standard InChI is InChI=1S/C22H17BrN4O3.ClH/c1-30-21-5-2-13(9-24)6-14(21)7-15(10-25)18-11-27(22(29)19(26)12-28)20-4-3-16(23)8-17(18)20;/h2-8,11,19,28H,12,26H2,1H3;1H/t19-;/m0./s1. The molecule has 158 valence electrons. The molecule has 0 unspecified atom stereocenters. The summed E-state index contributed by atoms with van der Waals surface area (Å²) in [5.41, 5.74) is 8.05. The van der Waals surface area contributed by atoms with Gasteiger partial charge in [-0.3, -0.25) is 9.36 Å². The number of rotatable bonds is 5. The lowest BCUT2D eigenvalue weighted by Crippen LogP contribution is -2.37. The monoisotopic (exact) mass is 500 g/mol. The van der Waals surface area contributed by atoms with Crippen LogP contribution in [0.1, 0.15) is 21.5 Å². The fourth-order valence-electron chi connectivity index (χ4n) is 3.10. The summed E-state index contributed by atoms with van der Waals surface area (Å²) in [6, 6.07) is 13.4. The molecule has 0 aliphatic rings. The van der Waals surface area contributed by atoms with Crippen molar-refractivity contribution in [1.29, 1.82) is 10.5 Å². The number of aliphatic hydroxyl groups is 1. The van der Waals surface area contributed by atoms with E-state index in [1.165, 1.54) is 17.9 Å². The van der Waals surface area contributed by atoms with Crippen molar-refractivity contribution in [1.82, 2.24) is 4.57 Å². The van der Waals surface area contributed by atoms with E-state index in [-0.39, 0.29) is 18.0 Å². The minimum atomic E-state index is -1.08. The molecule has 1 aromatic heterocycles. The molecular weight excluding hydrogens is 484 g/mol. The summed E-state index contributed by atoms with van der Waals surface area (Å²) in [6.07, 6.45) is 3.14. The molecule has 31 heavy (non-hydrogen) atoms. The Labute approximate surface area is 193 Å². The molecule has 3 N–H and O–H groups in total. The number of allylic oxidation sites excluding steroid dienone is 1. The van der Waals surface area contributed by atoms with Crippen LogP contribution in [0.2, 0.25) is 0 Å².